The molecule has 30 heavy (non-hydrogen) atoms. The van der Waals surface area contributed by atoms with Gasteiger partial charge < -0.3 is 25.8 Å². The van der Waals surface area contributed by atoms with E-state index in [1.165, 1.54) is 48.5 Å². The van der Waals surface area contributed by atoms with E-state index in [0.29, 0.717) is 0 Å². The van der Waals surface area contributed by atoms with Gasteiger partial charge in [-0.05, 0) is 18.2 Å². The van der Waals surface area contributed by atoms with Crippen molar-refractivity contribution in [2.75, 3.05) is 10.6 Å². The van der Waals surface area contributed by atoms with Crippen molar-refractivity contribution in [3.05, 3.63) is 74.7 Å². The summed E-state index contributed by atoms with van der Waals surface area (Å²) in [6, 6.07) is 10.7. The number of carbonyl (C=O) groups excluding carboxylic acids is 1. The smallest absolute Gasteiger partial charge is 0.358 e. The maximum atomic E-state index is 12.2. The number of nitrogens with zero attached hydrogens (tertiary/aromatic N) is 2. The molecule has 152 valence electrons. The maximum Gasteiger partial charge on any atom is 0.358 e. The third kappa shape index (κ3) is 4.22. The number of nitrogens with one attached hydrogen (secondary N) is 3. The van der Waals surface area contributed by atoms with Crippen molar-refractivity contribution < 1.29 is 24.7 Å². The Balaban J connectivity index is 1.85. The monoisotopic (exact) mass is 411 g/mol. The lowest BCUT2D eigenvalue weighted by molar-refractivity contribution is -0.383. The summed E-state index contributed by atoms with van der Waals surface area (Å²) in [5, 5.41) is 34.4. The third-order valence-electron chi connectivity index (χ3n) is 3.84. The summed E-state index contributed by atoms with van der Waals surface area (Å²) < 4.78 is 0. The highest BCUT2D eigenvalue weighted by atomic mass is 16.6. The van der Waals surface area contributed by atoms with Crippen LogP contribution in [0.4, 0.5) is 21.9 Å². The number of benzene rings is 2. The van der Waals surface area contributed by atoms with Gasteiger partial charge >= 0.3 is 12.0 Å². The van der Waals surface area contributed by atoms with Gasteiger partial charge in [-0.3, -0.25) is 14.9 Å². The number of aromatic amines is 1. The first-order valence-electron chi connectivity index (χ1n) is 8.24. The predicted octanol–water partition coefficient (Wildman–Crippen LogP) is 2.39. The zero-order chi connectivity index (χ0) is 21.8. The van der Waals surface area contributed by atoms with Gasteiger partial charge in [-0.1, -0.05) is 24.3 Å². The van der Waals surface area contributed by atoms with Crippen molar-refractivity contribution in [1.29, 1.82) is 0 Å². The van der Waals surface area contributed by atoms with Gasteiger partial charge in [0.2, 0.25) is 5.75 Å². The van der Waals surface area contributed by atoms with Crippen molar-refractivity contribution >= 4 is 29.1 Å². The summed E-state index contributed by atoms with van der Waals surface area (Å²) in [6.07, 6.45) is 0. The minimum atomic E-state index is -1.59. The highest BCUT2D eigenvalue weighted by Crippen LogP contribution is 2.24. The number of aromatic hydroxyl groups is 1. The molecule has 1 heterocycles. The molecule has 0 aliphatic heterocycles. The average molecular weight is 411 g/mol. The number of anilines is 2. The van der Waals surface area contributed by atoms with Gasteiger partial charge in [0.05, 0.1) is 4.92 Å². The first-order chi connectivity index (χ1) is 14.3. The molecule has 1 aromatic heterocycles. The average Bonchev–Trinajstić information content (AvgIpc) is 2.70. The second-order valence-electron chi connectivity index (χ2n) is 5.85. The van der Waals surface area contributed by atoms with Gasteiger partial charge in [0.25, 0.3) is 11.2 Å². The molecule has 0 aliphatic rings. The number of carboxylic acid groups (broad SMARTS) is 1. The highest BCUT2D eigenvalue weighted by molar-refractivity contribution is 6.01. The molecule has 0 radical (unpaired) electrons. The van der Waals surface area contributed by atoms with Crippen molar-refractivity contribution in [1.82, 2.24) is 9.97 Å². The Morgan fingerprint density at radius 2 is 1.83 bits per heavy atom. The van der Waals surface area contributed by atoms with Crippen LogP contribution in [0, 0.1) is 10.1 Å². The molecule has 0 aliphatic carbocycles. The number of amides is 2. The molecule has 5 N–H and O–H groups in total. The molecule has 0 spiro atoms. The number of carboxylic acids is 1. The fourth-order valence-electron chi connectivity index (χ4n) is 2.52. The normalized spacial score (nSPS) is 10.3. The molecule has 0 saturated heterocycles. The number of aromatic nitrogens is 2. The summed E-state index contributed by atoms with van der Waals surface area (Å²) in [5.41, 5.74) is -1.67. The van der Waals surface area contributed by atoms with E-state index in [1.54, 1.807) is 0 Å². The third-order valence-corrected chi connectivity index (χ3v) is 3.84. The van der Waals surface area contributed by atoms with Crippen LogP contribution in [0.25, 0.3) is 11.4 Å². The molecule has 3 aromatic rings. The summed E-state index contributed by atoms with van der Waals surface area (Å²) in [7, 11) is 0. The van der Waals surface area contributed by atoms with E-state index in [-0.39, 0.29) is 28.5 Å². The lowest BCUT2D eigenvalue weighted by atomic mass is 10.2. The van der Waals surface area contributed by atoms with Gasteiger partial charge in [0.1, 0.15) is 11.5 Å². The highest BCUT2D eigenvalue weighted by Gasteiger charge is 2.18. The summed E-state index contributed by atoms with van der Waals surface area (Å²) in [5.74, 6) is -2.75. The molecule has 12 nitrogen and oxygen atoms in total. The maximum absolute atomic E-state index is 12.2. The van der Waals surface area contributed by atoms with Crippen LogP contribution in [0.15, 0.2) is 53.3 Å². The Bertz CT molecular complexity index is 1220. The van der Waals surface area contributed by atoms with Crippen molar-refractivity contribution in [2.24, 2.45) is 0 Å². The number of carbonyl (C=O) groups is 2. The summed E-state index contributed by atoms with van der Waals surface area (Å²) in [6.45, 7) is 0. The lowest BCUT2D eigenvalue weighted by Crippen LogP contribution is -2.20. The number of para-hydroxylation sites is 2. The quantitative estimate of drug-likeness (QED) is 0.312. The van der Waals surface area contributed by atoms with Crippen LogP contribution in [0.1, 0.15) is 10.5 Å². The van der Waals surface area contributed by atoms with Crippen LogP contribution >= 0.6 is 0 Å². The van der Waals surface area contributed by atoms with E-state index in [0.717, 1.165) is 0 Å². The molecule has 3 rings (SSSR count). The zero-order valence-corrected chi connectivity index (χ0v) is 14.9. The van der Waals surface area contributed by atoms with E-state index < -0.39 is 33.9 Å². The predicted molar refractivity (Wildman–Crippen MR) is 105 cm³/mol. The molecular weight excluding hydrogens is 398 g/mol. The zero-order valence-electron chi connectivity index (χ0n) is 14.9. The minimum absolute atomic E-state index is 0.00761. The second kappa shape index (κ2) is 8.10. The number of rotatable bonds is 5. The number of nitro benzene ring substituents is 1. The molecule has 0 unspecified atom stereocenters. The van der Waals surface area contributed by atoms with E-state index >= 15 is 0 Å². The van der Waals surface area contributed by atoms with E-state index in [2.05, 4.69) is 20.6 Å². The number of H-pyrrole nitrogens is 1. The first kappa shape index (κ1) is 20.0. The Kier molecular flexibility index (Phi) is 5.40. The Morgan fingerprint density at radius 1 is 1.10 bits per heavy atom. The number of hydrogen-bond donors (Lipinski definition) is 5. The Labute approximate surface area is 167 Å². The van der Waals surface area contributed by atoms with Crippen LogP contribution in [0.2, 0.25) is 0 Å². The van der Waals surface area contributed by atoms with Crippen LogP contribution in [0.5, 0.6) is 5.75 Å². The second-order valence-corrected chi connectivity index (χ2v) is 5.85. The number of aromatic carboxylic acids is 1. The SMILES string of the molecule is O=C(Nc1cccc(-c2nc(C(=O)O)c(O)c(=O)[nH]2)c1)Nc1ccccc1[N+](=O)[O-]. The summed E-state index contributed by atoms with van der Waals surface area (Å²) in [4.78, 5) is 51.4. The first-order valence-corrected chi connectivity index (χ1v) is 8.24. The van der Waals surface area contributed by atoms with Gasteiger partial charge in [0, 0.05) is 17.3 Å². The molecule has 12 heteroatoms. The van der Waals surface area contributed by atoms with Crippen LogP contribution in [-0.4, -0.2) is 37.1 Å². The van der Waals surface area contributed by atoms with E-state index in [4.69, 9.17) is 5.11 Å². The summed E-state index contributed by atoms with van der Waals surface area (Å²) >= 11 is 0. The Morgan fingerprint density at radius 3 is 2.53 bits per heavy atom. The van der Waals surface area contributed by atoms with Crippen LogP contribution in [0.3, 0.4) is 0 Å². The van der Waals surface area contributed by atoms with Gasteiger partial charge in [-0.15, -0.1) is 0 Å². The molecule has 0 saturated carbocycles. The molecule has 0 fully saturated rings. The van der Waals surface area contributed by atoms with E-state index in [1.807, 2.05) is 0 Å². The van der Waals surface area contributed by atoms with Gasteiger partial charge in [-0.25, -0.2) is 14.6 Å². The Hall–Kier alpha value is -4.74. The van der Waals surface area contributed by atoms with Gasteiger partial charge in [-0.2, -0.15) is 0 Å². The largest absolute Gasteiger partial charge is 0.501 e. The molecular formula is C18H13N5O7. The van der Waals surface area contributed by atoms with Crippen molar-refractivity contribution in [3.8, 4) is 17.1 Å². The van der Waals surface area contributed by atoms with Crippen LogP contribution in [-0.2, 0) is 0 Å². The standard InChI is InChI=1S/C18H13N5O7/c24-14-13(17(26)27)21-15(22-16(14)25)9-4-3-5-10(8-9)19-18(28)20-11-6-1-2-7-12(11)23(29)30/h1-8,24H,(H,26,27)(H2,19,20,28)(H,21,22,25). The lowest BCUT2D eigenvalue weighted by Gasteiger charge is -2.09. The van der Waals surface area contributed by atoms with Crippen molar-refractivity contribution in [3.63, 3.8) is 0 Å². The molecule has 2 aromatic carbocycles. The number of hydrogen-bond acceptors (Lipinski definition) is 7. The fourth-order valence-corrected chi connectivity index (χ4v) is 2.52. The van der Waals surface area contributed by atoms with Gasteiger partial charge in [0.15, 0.2) is 5.69 Å². The van der Waals surface area contributed by atoms with Crippen molar-refractivity contribution in [2.45, 2.75) is 0 Å². The number of nitro groups is 1. The fraction of sp³-hybridized carbons (Fsp3) is 0. The minimum Gasteiger partial charge on any atom is -0.501 e. The number of urea groups is 1. The molecule has 0 bridgehead atoms. The van der Waals surface area contributed by atoms with Crippen LogP contribution < -0.4 is 16.2 Å². The van der Waals surface area contributed by atoms with E-state index in [9.17, 15) is 29.6 Å². The molecule has 0 atom stereocenters. The topological polar surface area (TPSA) is 188 Å². The molecule has 2 amide bonds.